The van der Waals surface area contributed by atoms with Crippen LogP contribution < -0.4 is 0 Å². The predicted octanol–water partition coefficient (Wildman–Crippen LogP) is 4.38. The minimum atomic E-state index is -0.801. The Kier molecular flexibility index (Phi) is 6.01. The van der Waals surface area contributed by atoms with Crippen LogP contribution in [0, 0.1) is 34.5 Å². The van der Waals surface area contributed by atoms with Crippen LogP contribution in [0.15, 0.2) is 12.2 Å². The van der Waals surface area contributed by atoms with Gasteiger partial charge in [-0.3, -0.25) is 9.59 Å². The van der Waals surface area contributed by atoms with Gasteiger partial charge < -0.3 is 9.47 Å². The summed E-state index contributed by atoms with van der Waals surface area (Å²) in [6.07, 6.45) is 6.28. The lowest BCUT2D eigenvalue weighted by atomic mass is 9.55. The number of hydrogen-bond donors (Lipinski definition) is 0. The van der Waals surface area contributed by atoms with Gasteiger partial charge in [-0.05, 0) is 42.9 Å². The first-order chi connectivity index (χ1) is 11.8. The van der Waals surface area contributed by atoms with Gasteiger partial charge in [-0.25, -0.2) is 0 Å². The molecule has 2 bridgehead atoms. The molecule has 2 aliphatic carbocycles. The van der Waals surface area contributed by atoms with Crippen LogP contribution in [0.3, 0.4) is 0 Å². The molecule has 0 spiro atoms. The van der Waals surface area contributed by atoms with Crippen molar-refractivity contribution in [3.8, 4) is 0 Å². The number of hydrogen-bond acceptors (Lipinski definition) is 4. The van der Waals surface area contributed by atoms with Gasteiger partial charge in [-0.15, -0.1) is 0 Å². The Morgan fingerprint density at radius 1 is 0.880 bits per heavy atom. The number of esters is 2. The van der Waals surface area contributed by atoms with Gasteiger partial charge >= 0.3 is 11.9 Å². The highest BCUT2D eigenvalue weighted by Gasteiger charge is 2.72. The third-order valence-corrected chi connectivity index (χ3v) is 6.09. The van der Waals surface area contributed by atoms with Gasteiger partial charge in [0.1, 0.15) is 0 Å². The summed E-state index contributed by atoms with van der Waals surface area (Å²) in [5.74, 6) is 0.238. The molecule has 2 aliphatic rings. The molecule has 0 heterocycles. The summed E-state index contributed by atoms with van der Waals surface area (Å²) in [6.45, 7) is 12.9. The summed E-state index contributed by atoms with van der Waals surface area (Å²) in [5, 5.41) is 0. The highest BCUT2D eigenvalue weighted by Crippen LogP contribution is 2.67. The summed E-state index contributed by atoms with van der Waals surface area (Å²) < 4.78 is 11.4. The Morgan fingerprint density at radius 2 is 1.24 bits per heavy atom. The third-order valence-electron chi connectivity index (χ3n) is 6.09. The summed E-state index contributed by atoms with van der Waals surface area (Å²) >= 11 is 0. The van der Waals surface area contributed by atoms with Crippen LogP contribution >= 0.6 is 0 Å². The van der Waals surface area contributed by atoms with Crippen molar-refractivity contribution in [1.29, 1.82) is 0 Å². The van der Waals surface area contributed by atoms with E-state index in [1.165, 1.54) is 0 Å². The highest BCUT2D eigenvalue weighted by atomic mass is 16.5. The zero-order chi connectivity index (χ0) is 18.8. The van der Waals surface area contributed by atoms with Crippen molar-refractivity contribution in [3.05, 3.63) is 12.2 Å². The molecule has 25 heavy (non-hydrogen) atoms. The SMILES string of the molecule is CCC1(C(=O)OCC(C)C)C2C=CC(C2)C1(CC)C(=O)OCC(C)C. The Bertz CT molecular complexity index is 490. The second-order valence-corrected chi connectivity index (χ2v) is 8.47. The smallest absolute Gasteiger partial charge is 0.313 e. The molecule has 0 N–H and O–H groups in total. The van der Waals surface area contributed by atoms with Crippen molar-refractivity contribution in [2.45, 2.75) is 60.8 Å². The topological polar surface area (TPSA) is 52.6 Å². The Hall–Kier alpha value is -1.32. The van der Waals surface area contributed by atoms with Crippen LogP contribution in [-0.2, 0) is 19.1 Å². The van der Waals surface area contributed by atoms with Gasteiger partial charge in [-0.1, -0.05) is 53.7 Å². The molecule has 0 saturated heterocycles. The van der Waals surface area contributed by atoms with Crippen LogP contribution in [0.1, 0.15) is 60.8 Å². The molecule has 1 saturated carbocycles. The third kappa shape index (κ3) is 3.02. The number of fused-ring (bicyclic) bond motifs is 2. The minimum Gasteiger partial charge on any atom is -0.465 e. The van der Waals surface area contributed by atoms with E-state index >= 15 is 0 Å². The van der Waals surface area contributed by atoms with Crippen LogP contribution in [0.4, 0.5) is 0 Å². The summed E-state index contributed by atoms with van der Waals surface area (Å²) in [7, 11) is 0. The lowest BCUT2D eigenvalue weighted by Crippen LogP contribution is -2.56. The monoisotopic (exact) mass is 350 g/mol. The molecule has 1 fully saturated rings. The van der Waals surface area contributed by atoms with E-state index in [1.54, 1.807) is 0 Å². The van der Waals surface area contributed by atoms with Crippen molar-refractivity contribution in [3.63, 3.8) is 0 Å². The number of rotatable bonds is 8. The average Bonchev–Trinajstić information content (AvgIpc) is 3.15. The van der Waals surface area contributed by atoms with E-state index in [-0.39, 0.29) is 35.6 Å². The van der Waals surface area contributed by atoms with Gasteiger partial charge in [-0.2, -0.15) is 0 Å². The fraction of sp³-hybridized carbons (Fsp3) is 0.810. The van der Waals surface area contributed by atoms with E-state index < -0.39 is 10.8 Å². The normalized spacial score (nSPS) is 33.3. The standard InChI is InChI=1S/C21H34O4/c1-7-20(18(22)24-12-14(3)4)16-9-10-17(11-16)21(20,8-2)19(23)25-13-15(5)6/h9-10,14-17H,7-8,11-13H2,1-6H3. The molecule has 4 unspecified atom stereocenters. The van der Waals surface area contributed by atoms with E-state index in [4.69, 9.17) is 9.47 Å². The number of allylic oxidation sites excluding steroid dienone is 2. The average molecular weight is 350 g/mol. The summed E-state index contributed by atoms with van der Waals surface area (Å²) in [5.41, 5.74) is -1.60. The Labute approximate surface area is 152 Å². The van der Waals surface area contributed by atoms with Crippen LogP contribution in [-0.4, -0.2) is 25.2 Å². The van der Waals surface area contributed by atoms with E-state index in [0.717, 1.165) is 6.42 Å². The number of carbonyl (C=O) groups excluding carboxylic acids is 2. The molecule has 0 amide bonds. The maximum absolute atomic E-state index is 13.2. The van der Waals surface area contributed by atoms with Crippen LogP contribution in [0.5, 0.6) is 0 Å². The summed E-state index contributed by atoms with van der Waals surface area (Å²) in [6, 6.07) is 0. The highest BCUT2D eigenvalue weighted by molar-refractivity contribution is 5.91. The molecule has 0 aromatic heterocycles. The largest absolute Gasteiger partial charge is 0.465 e. The van der Waals surface area contributed by atoms with E-state index in [2.05, 4.69) is 12.2 Å². The molecule has 0 radical (unpaired) electrons. The van der Waals surface area contributed by atoms with Crippen molar-refractivity contribution in [2.75, 3.05) is 13.2 Å². The number of ether oxygens (including phenoxy) is 2. The fourth-order valence-corrected chi connectivity index (χ4v) is 4.94. The fourth-order valence-electron chi connectivity index (χ4n) is 4.94. The first-order valence-corrected chi connectivity index (χ1v) is 9.78. The summed E-state index contributed by atoms with van der Waals surface area (Å²) in [4.78, 5) is 26.5. The Balaban J connectivity index is 2.42. The van der Waals surface area contributed by atoms with Gasteiger partial charge in [0.2, 0.25) is 0 Å². The molecule has 0 aliphatic heterocycles. The first-order valence-electron chi connectivity index (χ1n) is 9.78. The molecule has 2 rings (SSSR count). The van der Waals surface area contributed by atoms with Crippen LogP contribution in [0.2, 0.25) is 0 Å². The zero-order valence-electron chi connectivity index (χ0n) is 16.6. The van der Waals surface area contributed by atoms with Gasteiger partial charge in [0.15, 0.2) is 0 Å². The predicted molar refractivity (Wildman–Crippen MR) is 97.8 cm³/mol. The van der Waals surface area contributed by atoms with E-state index in [9.17, 15) is 9.59 Å². The zero-order valence-corrected chi connectivity index (χ0v) is 16.6. The van der Waals surface area contributed by atoms with Crippen molar-refractivity contribution in [2.24, 2.45) is 34.5 Å². The van der Waals surface area contributed by atoms with Gasteiger partial charge in [0.25, 0.3) is 0 Å². The molecular weight excluding hydrogens is 316 g/mol. The maximum Gasteiger partial charge on any atom is 0.313 e. The Morgan fingerprint density at radius 3 is 1.52 bits per heavy atom. The quantitative estimate of drug-likeness (QED) is 0.481. The maximum atomic E-state index is 13.2. The molecular formula is C21H34O4. The van der Waals surface area contributed by atoms with Crippen LogP contribution in [0.25, 0.3) is 0 Å². The second kappa shape index (κ2) is 7.51. The van der Waals surface area contributed by atoms with Gasteiger partial charge in [0.05, 0.1) is 24.0 Å². The second-order valence-electron chi connectivity index (χ2n) is 8.47. The number of carbonyl (C=O) groups is 2. The van der Waals surface area contributed by atoms with E-state index in [0.29, 0.717) is 26.1 Å². The van der Waals surface area contributed by atoms with E-state index in [1.807, 2.05) is 41.5 Å². The van der Waals surface area contributed by atoms with Crippen molar-refractivity contribution < 1.29 is 19.1 Å². The minimum absolute atomic E-state index is 0.0636. The van der Waals surface area contributed by atoms with Crippen molar-refractivity contribution >= 4 is 11.9 Å². The lowest BCUT2D eigenvalue weighted by Gasteiger charge is -2.47. The molecule has 4 heteroatoms. The molecule has 4 atom stereocenters. The molecule has 0 aromatic carbocycles. The first kappa shape index (κ1) is 20.0. The molecule has 4 nitrogen and oxygen atoms in total. The van der Waals surface area contributed by atoms with Gasteiger partial charge in [0, 0.05) is 0 Å². The molecule has 0 aromatic rings. The van der Waals surface area contributed by atoms with Crippen molar-refractivity contribution in [1.82, 2.24) is 0 Å². The molecule has 142 valence electrons. The lowest BCUT2D eigenvalue weighted by molar-refractivity contribution is -0.186.